The summed E-state index contributed by atoms with van der Waals surface area (Å²) in [4.78, 5) is 0. The van der Waals surface area contributed by atoms with Crippen molar-refractivity contribution in [3.63, 3.8) is 0 Å². The zero-order chi connectivity index (χ0) is 15.8. The zero-order valence-corrected chi connectivity index (χ0v) is 13.2. The highest BCUT2D eigenvalue weighted by molar-refractivity contribution is 6.30. The van der Waals surface area contributed by atoms with Crippen LogP contribution in [0.25, 0.3) is 0 Å². The van der Waals surface area contributed by atoms with Crippen LogP contribution in [0.4, 0.5) is 4.39 Å². The first-order chi connectivity index (χ1) is 9.77. The number of hydrogen-bond donors (Lipinski definition) is 1. The van der Waals surface area contributed by atoms with Gasteiger partial charge in [-0.25, -0.2) is 4.39 Å². The van der Waals surface area contributed by atoms with Crippen molar-refractivity contribution >= 4 is 11.6 Å². The van der Waals surface area contributed by atoms with Gasteiger partial charge in [0, 0.05) is 19.0 Å². The average molecular weight is 313 g/mol. The molecule has 1 aromatic carbocycles. The highest BCUT2D eigenvalue weighted by Gasteiger charge is 2.32. The van der Waals surface area contributed by atoms with Gasteiger partial charge in [-0.15, -0.1) is 0 Å². The van der Waals surface area contributed by atoms with E-state index in [-0.39, 0.29) is 12.0 Å². The predicted octanol–water partition coefficient (Wildman–Crippen LogP) is 2.98. The maximum atomic E-state index is 14.1. The van der Waals surface area contributed by atoms with Crippen LogP contribution in [0.2, 0.25) is 5.15 Å². The number of hydrogen-bond acceptors (Lipinski definition) is 3. The van der Waals surface area contributed by atoms with Crippen molar-refractivity contribution in [2.24, 2.45) is 7.05 Å². The first-order valence-electron chi connectivity index (χ1n) is 6.51. The van der Waals surface area contributed by atoms with Crippen LogP contribution in [0.1, 0.15) is 23.7 Å². The molecule has 1 atom stereocenters. The van der Waals surface area contributed by atoms with E-state index in [9.17, 15) is 9.50 Å². The molecule has 1 unspecified atom stereocenters. The van der Waals surface area contributed by atoms with Crippen LogP contribution in [-0.4, -0.2) is 22.0 Å². The standard InChI is InChI=1S/C15H18ClFN2O2/c1-9-10(14(16)19(3)18-9)8-15(2,20)13-11(17)6-5-7-12(13)21-4/h5-7,20H,8H2,1-4H3. The van der Waals surface area contributed by atoms with Crippen molar-refractivity contribution in [2.75, 3.05) is 7.11 Å². The molecule has 0 radical (unpaired) electrons. The second kappa shape index (κ2) is 5.66. The minimum absolute atomic E-state index is 0.117. The number of aryl methyl sites for hydroxylation is 2. The van der Waals surface area contributed by atoms with Gasteiger partial charge in [0.2, 0.25) is 0 Å². The summed E-state index contributed by atoms with van der Waals surface area (Å²) in [6.45, 7) is 3.34. The van der Waals surface area contributed by atoms with E-state index in [1.54, 1.807) is 20.0 Å². The minimum atomic E-state index is -1.46. The molecule has 0 spiro atoms. The topological polar surface area (TPSA) is 47.3 Å². The number of ether oxygens (including phenoxy) is 1. The van der Waals surface area contributed by atoms with Crippen LogP contribution >= 0.6 is 11.6 Å². The molecule has 0 fully saturated rings. The van der Waals surface area contributed by atoms with E-state index in [0.29, 0.717) is 22.2 Å². The summed E-state index contributed by atoms with van der Waals surface area (Å²) in [7, 11) is 3.16. The summed E-state index contributed by atoms with van der Waals surface area (Å²) >= 11 is 6.19. The van der Waals surface area contributed by atoms with E-state index in [1.165, 1.54) is 30.8 Å². The summed E-state index contributed by atoms with van der Waals surface area (Å²) < 4.78 is 20.8. The lowest BCUT2D eigenvalue weighted by atomic mass is 9.88. The Hall–Kier alpha value is -1.59. The number of nitrogens with zero attached hydrogens (tertiary/aromatic N) is 2. The van der Waals surface area contributed by atoms with Crippen molar-refractivity contribution in [3.05, 3.63) is 46.0 Å². The molecule has 21 heavy (non-hydrogen) atoms. The molecule has 1 heterocycles. The summed E-state index contributed by atoms with van der Waals surface area (Å²) in [6, 6.07) is 4.45. The van der Waals surface area contributed by atoms with Crippen LogP contribution in [-0.2, 0) is 19.1 Å². The van der Waals surface area contributed by atoms with Gasteiger partial charge in [0.1, 0.15) is 16.7 Å². The van der Waals surface area contributed by atoms with Crippen molar-refractivity contribution in [3.8, 4) is 5.75 Å². The Morgan fingerprint density at radius 3 is 2.67 bits per heavy atom. The van der Waals surface area contributed by atoms with Gasteiger partial charge in [0.15, 0.2) is 0 Å². The number of benzene rings is 1. The molecule has 0 amide bonds. The molecule has 1 aromatic heterocycles. The second-order valence-electron chi connectivity index (χ2n) is 5.25. The molecule has 0 aliphatic heterocycles. The Kier molecular flexibility index (Phi) is 4.25. The van der Waals surface area contributed by atoms with E-state index in [4.69, 9.17) is 16.3 Å². The first kappa shape index (κ1) is 15.8. The lowest BCUT2D eigenvalue weighted by molar-refractivity contribution is 0.0508. The van der Waals surface area contributed by atoms with Crippen LogP contribution < -0.4 is 4.74 Å². The number of aliphatic hydroxyl groups is 1. The zero-order valence-electron chi connectivity index (χ0n) is 12.4. The lowest BCUT2D eigenvalue weighted by Gasteiger charge is -2.26. The van der Waals surface area contributed by atoms with E-state index in [1.807, 2.05) is 0 Å². The molecule has 2 rings (SSSR count). The second-order valence-corrected chi connectivity index (χ2v) is 5.60. The van der Waals surface area contributed by atoms with Gasteiger partial charge < -0.3 is 9.84 Å². The Morgan fingerprint density at radius 2 is 2.14 bits per heavy atom. The predicted molar refractivity (Wildman–Crippen MR) is 79.2 cm³/mol. The largest absolute Gasteiger partial charge is 0.496 e. The molecule has 0 aliphatic carbocycles. The fourth-order valence-electron chi connectivity index (χ4n) is 2.50. The molecule has 0 bridgehead atoms. The third-order valence-corrected chi connectivity index (χ3v) is 4.00. The van der Waals surface area contributed by atoms with Crippen molar-refractivity contribution in [2.45, 2.75) is 25.9 Å². The van der Waals surface area contributed by atoms with Gasteiger partial charge in [-0.1, -0.05) is 17.7 Å². The van der Waals surface area contributed by atoms with Crippen molar-refractivity contribution < 1.29 is 14.2 Å². The molecule has 6 heteroatoms. The van der Waals surface area contributed by atoms with Gasteiger partial charge >= 0.3 is 0 Å². The van der Waals surface area contributed by atoms with Gasteiger partial charge in [0.25, 0.3) is 0 Å². The summed E-state index contributed by atoms with van der Waals surface area (Å²) in [5.41, 5.74) is 0.0491. The minimum Gasteiger partial charge on any atom is -0.496 e. The summed E-state index contributed by atoms with van der Waals surface area (Å²) in [5, 5.41) is 15.4. The van der Waals surface area contributed by atoms with Gasteiger partial charge in [0.05, 0.1) is 24.0 Å². The Balaban J connectivity index is 2.48. The maximum Gasteiger partial charge on any atom is 0.133 e. The number of rotatable bonds is 4. The highest BCUT2D eigenvalue weighted by atomic mass is 35.5. The normalized spacial score (nSPS) is 14.0. The highest BCUT2D eigenvalue weighted by Crippen LogP contribution is 2.36. The van der Waals surface area contributed by atoms with Crippen LogP contribution in [0.5, 0.6) is 5.75 Å². The van der Waals surface area contributed by atoms with Gasteiger partial charge in [-0.3, -0.25) is 4.68 Å². The van der Waals surface area contributed by atoms with E-state index in [0.717, 1.165) is 0 Å². The molecular weight excluding hydrogens is 295 g/mol. The fourth-order valence-corrected chi connectivity index (χ4v) is 2.75. The first-order valence-corrected chi connectivity index (χ1v) is 6.89. The Morgan fingerprint density at radius 1 is 1.48 bits per heavy atom. The smallest absolute Gasteiger partial charge is 0.133 e. The number of halogens is 2. The molecule has 114 valence electrons. The van der Waals surface area contributed by atoms with Gasteiger partial charge in [-0.05, 0) is 26.0 Å². The molecule has 1 N–H and O–H groups in total. The van der Waals surface area contributed by atoms with Gasteiger partial charge in [-0.2, -0.15) is 5.10 Å². The molecule has 4 nitrogen and oxygen atoms in total. The average Bonchev–Trinajstić information content (AvgIpc) is 2.64. The molecule has 2 aromatic rings. The number of aromatic nitrogens is 2. The van der Waals surface area contributed by atoms with Crippen molar-refractivity contribution in [1.29, 1.82) is 0 Å². The third kappa shape index (κ3) is 2.89. The molecular formula is C15H18ClFN2O2. The molecule has 0 saturated carbocycles. The maximum absolute atomic E-state index is 14.1. The van der Waals surface area contributed by atoms with E-state index in [2.05, 4.69) is 5.10 Å². The lowest BCUT2D eigenvalue weighted by Crippen LogP contribution is -2.27. The quantitative estimate of drug-likeness (QED) is 0.944. The van der Waals surface area contributed by atoms with Crippen LogP contribution in [0.15, 0.2) is 18.2 Å². The van der Waals surface area contributed by atoms with Crippen LogP contribution in [0, 0.1) is 12.7 Å². The third-order valence-electron chi connectivity index (χ3n) is 3.52. The molecule has 0 saturated heterocycles. The van der Waals surface area contributed by atoms with Crippen molar-refractivity contribution in [1.82, 2.24) is 9.78 Å². The van der Waals surface area contributed by atoms with E-state index >= 15 is 0 Å². The van der Waals surface area contributed by atoms with E-state index < -0.39 is 11.4 Å². The molecule has 0 aliphatic rings. The SMILES string of the molecule is COc1cccc(F)c1C(C)(O)Cc1c(C)nn(C)c1Cl. The summed E-state index contributed by atoms with van der Waals surface area (Å²) in [6.07, 6.45) is 0.142. The monoisotopic (exact) mass is 312 g/mol. The Bertz CT molecular complexity index is 668. The fraction of sp³-hybridized carbons (Fsp3) is 0.400. The van der Waals surface area contributed by atoms with Crippen LogP contribution in [0.3, 0.4) is 0 Å². The summed E-state index contributed by atoms with van der Waals surface area (Å²) in [5.74, 6) is -0.213. The number of methoxy groups -OCH3 is 1. The Labute approximate surface area is 128 Å².